The van der Waals surface area contributed by atoms with Crippen molar-refractivity contribution in [3.05, 3.63) is 30.0 Å². The van der Waals surface area contributed by atoms with Gasteiger partial charge in [-0.2, -0.15) is 0 Å². The largest absolute Gasteiger partial charge is 0.491 e. The van der Waals surface area contributed by atoms with Gasteiger partial charge in [-0.15, -0.1) is 0 Å². The molecule has 0 unspecified atom stereocenters. The van der Waals surface area contributed by atoms with Gasteiger partial charge in [0.1, 0.15) is 5.75 Å². The van der Waals surface area contributed by atoms with Crippen LogP contribution in [0.2, 0.25) is 0 Å². The number of aromatic nitrogens is 1. The normalized spacial score (nSPS) is 10.8. The number of carboxylic acids is 1. The molecule has 0 saturated heterocycles. The number of carboxylic acid groups (broad SMARTS) is 1. The van der Waals surface area contributed by atoms with E-state index in [9.17, 15) is 4.79 Å². The number of carbonyl (C=O) groups is 1. The Labute approximate surface area is 112 Å². The number of nitrogens with one attached hydrogen (secondary N) is 1. The molecule has 2 aromatic rings. The summed E-state index contributed by atoms with van der Waals surface area (Å²) in [4.78, 5) is 13.6. The van der Waals surface area contributed by atoms with E-state index in [0.717, 1.165) is 24.1 Å². The molecule has 2 N–H and O–H groups in total. The van der Waals surface area contributed by atoms with Gasteiger partial charge in [0, 0.05) is 18.0 Å². The third-order valence-electron chi connectivity index (χ3n) is 3.18. The van der Waals surface area contributed by atoms with Gasteiger partial charge in [0.15, 0.2) is 0 Å². The number of fused-ring (bicyclic) bond motifs is 1. The van der Waals surface area contributed by atoms with Crippen LogP contribution < -0.4 is 4.74 Å². The van der Waals surface area contributed by atoms with E-state index >= 15 is 0 Å². The number of H-pyrrole nitrogens is 1. The molecule has 19 heavy (non-hydrogen) atoms. The molecule has 0 fully saturated rings. The summed E-state index contributed by atoms with van der Waals surface area (Å²) in [6.07, 6.45) is 4.69. The summed E-state index contributed by atoms with van der Waals surface area (Å²) in [6.45, 7) is 2.69. The molecule has 0 aliphatic carbocycles. The van der Waals surface area contributed by atoms with Gasteiger partial charge >= 0.3 is 5.97 Å². The molecule has 2 rings (SSSR count). The van der Waals surface area contributed by atoms with E-state index in [2.05, 4.69) is 18.0 Å². The van der Waals surface area contributed by atoms with Crippen molar-refractivity contribution in [1.29, 1.82) is 0 Å². The number of unbranched alkanes of at least 4 members (excludes halogenated alkanes) is 2. The highest BCUT2D eigenvalue weighted by atomic mass is 16.5. The molecule has 0 aliphatic rings. The van der Waals surface area contributed by atoms with Crippen molar-refractivity contribution < 1.29 is 14.6 Å². The van der Waals surface area contributed by atoms with Crippen molar-refractivity contribution in [2.75, 3.05) is 6.61 Å². The van der Waals surface area contributed by atoms with Gasteiger partial charge in [0.05, 0.1) is 12.1 Å². The van der Waals surface area contributed by atoms with E-state index in [-0.39, 0.29) is 6.42 Å². The summed E-state index contributed by atoms with van der Waals surface area (Å²) < 4.78 is 5.76. The maximum absolute atomic E-state index is 10.4. The van der Waals surface area contributed by atoms with E-state index in [0.29, 0.717) is 13.0 Å². The van der Waals surface area contributed by atoms with Crippen molar-refractivity contribution in [1.82, 2.24) is 4.98 Å². The van der Waals surface area contributed by atoms with Crippen LogP contribution in [-0.2, 0) is 4.79 Å². The lowest BCUT2D eigenvalue weighted by molar-refractivity contribution is -0.137. The molecule has 4 nitrogen and oxygen atoms in total. The highest BCUT2D eigenvalue weighted by Crippen LogP contribution is 2.26. The quantitative estimate of drug-likeness (QED) is 0.750. The molecule has 0 bridgehead atoms. The molecule has 0 saturated carbocycles. The second kappa shape index (κ2) is 6.27. The van der Waals surface area contributed by atoms with Crippen LogP contribution >= 0.6 is 0 Å². The molecular weight excluding hydrogens is 242 g/mol. The van der Waals surface area contributed by atoms with Crippen LogP contribution in [0.4, 0.5) is 0 Å². The van der Waals surface area contributed by atoms with Crippen LogP contribution in [0.5, 0.6) is 5.75 Å². The standard InChI is InChI=1S/C15H19NO3/c1-11-10-16-15-12(11)6-5-7-13(15)19-9-4-2-3-8-14(17)18/h5-7,10,16H,2-4,8-9H2,1H3,(H,17,18). The smallest absolute Gasteiger partial charge is 0.303 e. The average molecular weight is 261 g/mol. The SMILES string of the molecule is Cc1c[nH]c2c(OCCCCCC(=O)O)cccc12. The topological polar surface area (TPSA) is 62.3 Å². The van der Waals surface area contributed by atoms with E-state index in [1.807, 2.05) is 18.3 Å². The second-order valence-electron chi connectivity index (χ2n) is 4.70. The summed E-state index contributed by atoms with van der Waals surface area (Å²) in [6, 6.07) is 6.01. The number of hydrogen-bond donors (Lipinski definition) is 2. The molecule has 0 spiro atoms. The highest BCUT2D eigenvalue weighted by molar-refractivity contribution is 5.88. The number of benzene rings is 1. The Bertz CT molecular complexity index is 560. The Morgan fingerprint density at radius 3 is 2.95 bits per heavy atom. The Morgan fingerprint density at radius 2 is 2.16 bits per heavy atom. The fourth-order valence-electron chi connectivity index (χ4n) is 2.12. The van der Waals surface area contributed by atoms with Gasteiger partial charge in [-0.1, -0.05) is 12.1 Å². The summed E-state index contributed by atoms with van der Waals surface area (Å²) in [5, 5.41) is 9.72. The molecule has 0 aliphatic heterocycles. The van der Waals surface area contributed by atoms with Gasteiger partial charge < -0.3 is 14.8 Å². The van der Waals surface area contributed by atoms with Gasteiger partial charge in [-0.25, -0.2) is 0 Å². The second-order valence-corrected chi connectivity index (χ2v) is 4.70. The van der Waals surface area contributed by atoms with Crippen LogP contribution in [0.1, 0.15) is 31.2 Å². The number of para-hydroxylation sites is 1. The van der Waals surface area contributed by atoms with E-state index in [4.69, 9.17) is 9.84 Å². The first-order valence-electron chi connectivity index (χ1n) is 6.60. The van der Waals surface area contributed by atoms with E-state index < -0.39 is 5.97 Å². The Hall–Kier alpha value is -1.97. The van der Waals surface area contributed by atoms with Gasteiger partial charge in [-0.3, -0.25) is 4.79 Å². The van der Waals surface area contributed by atoms with Crippen LogP contribution in [0, 0.1) is 6.92 Å². The zero-order valence-corrected chi connectivity index (χ0v) is 11.1. The third kappa shape index (κ3) is 3.50. The van der Waals surface area contributed by atoms with Crippen LogP contribution in [0.25, 0.3) is 10.9 Å². The van der Waals surface area contributed by atoms with Crippen LogP contribution in [-0.4, -0.2) is 22.7 Å². The Balaban J connectivity index is 1.83. The Kier molecular flexibility index (Phi) is 4.44. The lowest BCUT2D eigenvalue weighted by atomic mass is 10.2. The van der Waals surface area contributed by atoms with Crippen molar-refractivity contribution in [3.63, 3.8) is 0 Å². The highest BCUT2D eigenvalue weighted by Gasteiger charge is 2.05. The first-order chi connectivity index (χ1) is 9.18. The number of aromatic amines is 1. The van der Waals surface area contributed by atoms with E-state index in [1.165, 1.54) is 10.9 Å². The van der Waals surface area contributed by atoms with E-state index in [1.54, 1.807) is 0 Å². The maximum atomic E-state index is 10.4. The first kappa shape index (κ1) is 13.5. The number of aliphatic carboxylic acids is 1. The van der Waals surface area contributed by atoms with Crippen molar-refractivity contribution in [3.8, 4) is 5.75 Å². The Morgan fingerprint density at radius 1 is 1.32 bits per heavy atom. The third-order valence-corrected chi connectivity index (χ3v) is 3.18. The fraction of sp³-hybridized carbons (Fsp3) is 0.400. The predicted octanol–water partition coefficient (Wildman–Crippen LogP) is 3.50. The van der Waals surface area contributed by atoms with Crippen molar-refractivity contribution in [2.24, 2.45) is 0 Å². The minimum absolute atomic E-state index is 0.241. The van der Waals surface area contributed by atoms with Gasteiger partial charge in [0.25, 0.3) is 0 Å². The fourth-order valence-corrected chi connectivity index (χ4v) is 2.12. The number of rotatable bonds is 7. The zero-order valence-electron chi connectivity index (χ0n) is 11.1. The molecule has 0 radical (unpaired) electrons. The molecule has 102 valence electrons. The molecule has 1 heterocycles. The molecule has 1 aromatic carbocycles. The summed E-state index contributed by atoms with van der Waals surface area (Å²) >= 11 is 0. The lowest BCUT2D eigenvalue weighted by Gasteiger charge is -2.07. The van der Waals surface area contributed by atoms with Gasteiger partial charge in [0.2, 0.25) is 0 Å². The number of ether oxygens (including phenoxy) is 1. The van der Waals surface area contributed by atoms with Gasteiger partial charge in [-0.05, 0) is 37.8 Å². The predicted molar refractivity (Wildman–Crippen MR) is 74.6 cm³/mol. The molecule has 0 amide bonds. The molecular formula is C15H19NO3. The summed E-state index contributed by atoms with van der Waals surface area (Å²) in [5.41, 5.74) is 2.24. The molecule has 0 atom stereocenters. The lowest BCUT2D eigenvalue weighted by Crippen LogP contribution is -1.99. The molecule has 1 aromatic heterocycles. The van der Waals surface area contributed by atoms with Crippen LogP contribution in [0.3, 0.4) is 0 Å². The monoisotopic (exact) mass is 261 g/mol. The maximum Gasteiger partial charge on any atom is 0.303 e. The average Bonchev–Trinajstić information content (AvgIpc) is 2.76. The summed E-state index contributed by atoms with van der Waals surface area (Å²) in [5.74, 6) is 0.136. The first-order valence-corrected chi connectivity index (χ1v) is 6.60. The summed E-state index contributed by atoms with van der Waals surface area (Å²) in [7, 11) is 0. The number of aryl methyl sites for hydroxylation is 1. The van der Waals surface area contributed by atoms with Crippen molar-refractivity contribution >= 4 is 16.9 Å². The number of hydrogen-bond acceptors (Lipinski definition) is 2. The van der Waals surface area contributed by atoms with Crippen molar-refractivity contribution in [2.45, 2.75) is 32.6 Å². The van der Waals surface area contributed by atoms with Crippen LogP contribution in [0.15, 0.2) is 24.4 Å². The zero-order chi connectivity index (χ0) is 13.7. The minimum Gasteiger partial charge on any atom is -0.491 e. The minimum atomic E-state index is -0.729. The molecule has 4 heteroatoms.